The third-order valence-electron chi connectivity index (χ3n) is 5.44. The summed E-state index contributed by atoms with van der Waals surface area (Å²) in [6.45, 7) is -0.108. The van der Waals surface area contributed by atoms with Gasteiger partial charge in [-0.15, -0.1) is 0 Å². The second-order valence-electron chi connectivity index (χ2n) is 7.82. The van der Waals surface area contributed by atoms with Crippen molar-refractivity contribution in [3.8, 4) is 0 Å². The number of carbonyl (C=O) groups excluding carboxylic acids is 1. The number of sulfonamides is 1. The predicted molar refractivity (Wildman–Crippen MR) is 120 cm³/mol. The Hall–Kier alpha value is -1.89. The van der Waals surface area contributed by atoms with Crippen molar-refractivity contribution in [3.63, 3.8) is 0 Å². The Morgan fingerprint density at radius 2 is 1.53 bits per heavy atom. The standard InChI is InChI=1S/C23H29ClN2O3S/c24-20-15-13-19(14-16-20)17-26(30(28,29)22-11-7-4-8-12-22)18-23(27)25-21-9-5-2-1-3-6-10-21/h4,7-8,11-16,21H,1-3,5-6,9-10,17-18H2,(H,25,27). The molecule has 7 heteroatoms. The van der Waals surface area contributed by atoms with E-state index in [2.05, 4.69) is 5.32 Å². The van der Waals surface area contributed by atoms with Crippen LogP contribution in [0.25, 0.3) is 0 Å². The van der Waals surface area contributed by atoms with Crippen LogP contribution in [0, 0.1) is 0 Å². The number of benzene rings is 2. The molecule has 2 aromatic carbocycles. The summed E-state index contributed by atoms with van der Waals surface area (Å²) in [5, 5.41) is 3.65. The van der Waals surface area contributed by atoms with Crippen LogP contribution in [-0.2, 0) is 21.4 Å². The molecule has 30 heavy (non-hydrogen) atoms. The Balaban J connectivity index is 1.76. The number of rotatable bonds is 7. The Morgan fingerprint density at radius 3 is 2.17 bits per heavy atom. The highest BCUT2D eigenvalue weighted by Gasteiger charge is 2.27. The van der Waals surface area contributed by atoms with E-state index in [9.17, 15) is 13.2 Å². The van der Waals surface area contributed by atoms with Gasteiger partial charge in [0.05, 0.1) is 11.4 Å². The van der Waals surface area contributed by atoms with E-state index in [-0.39, 0.29) is 29.9 Å². The zero-order valence-corrected chi connectivity index (χ0v) is 18.7. The monoisotopic (exact) mass is 448 g/mol. The number of halogens is 1. The second-order valence-corrected chi connectivity index (χ2v) is 10.2. The molecule has 1 fully saturated rings. The fraction of sp³-hybridized carbons (Fsp3) is 0.435. The molecule has 0 spiro atoms. The van der Waals surface area contributed by atoms with Gasteiger partial charge in [-0.25, -0.2) is 8.42 Å². The summed E-state index contributed by atoms with van der Waals surface area (Å²) >= 11 is 5.96. The summed E-state index contributed by atoms with van der Waals surface area (Å²) < 4.78 is 27.7. The molecular weight excluding hydrogens is 420 g/mol. The van der Waals surface area contributed by atoms with Crippen LogP contribution in [0.15, 0.2) is 59.5 Å². The maximum Gasteiger partial charge on any atom is 0.243 e. The smallest absolute Gasteiger partial charge is 0.243 e. The van der Waals surface area contributed by atoms with Crippen LogP contribution < -0.4 is 5.32 Å². The molecule has 1 aliphatic carbocycles. The number of hydrogen-bond acceptors (Lipinski definition) is 3. The van der Waals surface area contributed by atoms with Gasteiger partial charge in [0.1, 0.15) is 0 Å². The molecule has 0 aromatic heterocycles. The normalized spacial score (nSPS) is 16.1. The molecule has 5 nitrogen and oxygen atoms in total. The highest BCUT2D eigenvalue weighted by Crippen LogP contribution is 2.20. The van der Waals surface area contributed by atoms with Crippen molar-refractivity contribution < 1.29 is 13.2 Å². The van der Waals surface area contributed by atoms with E-state index in [4.69, 9.17) is 11.6 Å². The van der Waals surface area contributed by atoms with Gasteiger partial charge in [-0.3, -0.25) is 4.79 Å². The van der Waals surface area contributed by atoms with Gasteiger partial charge in [0.2, 0.25) is 15.9 Å². The van der Waals surface area contributed by atoms with Crippen molar-refractivity contribution in [1.29, 1.82) is 0 Å². The molecule has 0 atom stereocenters. The van der Waals surface area contributed by atoms with Gasteiger partial charge in [-0.05, 0) is 42.7 Å². The van der Waals surface area contributed by atoms with Crippen molar-refractivity contribution >= 4 is 27.5 Å². The SMILES string of the molecule is O=C(CN(Cc1ccc(Cl)cc1)S(=O)(=O)c1ccccc1)NC1CCCCCCC1. The molecule has 0 unspecified atom stereocenters. The van der Waals surface area contributed by atoms with E-state index in [0.29, 0.717) is 5.02 Å². The van der Waals surface area contributed by atoms with E-state index in [0.717, 1.165) is 31.2 Å². The molecule has 0 radical (unpaired) electrons. The molecule has 1 saturated carbocycles. The lowest BCUT2D eigenvalue weighted by molar-refractivity contribution is -0.122. The summed E-state index contributed by atoms with van der Waals surface area (Å²) in [6, 6.07) is 15.4. The van der Waals surface area contributed by atoms with E-state index in [1.807, 2.05) is 0 Å². The summed E-state index contributed by atoms with van der Waals surface area (Å²) in [5.74, 6) is -0.256. The van der Waals surface area contributed by atoms with Crippen molar-refractivity contribution in [2.45, 2.75) is 62.4 Å². The average Bonchev–Trinajstić information content (AvgIpc) is 2.71. The van der Waals surface area contributed by atoms with Crippen LogP contribution in [0.1, 0.15) is 50.5 Å². The molecule has 0 aliphatic heterocycles. The van der Waals surface area contributed by atoms with Gasteiger partial charge in [0.25, 0.3) is 0 Å². The number of amides is 1. The molecule has 162 valence electrons. The highest BCUT2D eigenvalue weighted by atomic mass is 35.5. The zero-order valence-electron chi connectivity index (χ0n) is 17.1. The van der Waals surface area contributed by atoms with Crippen LogP contribution in [-0.4, -0.2) is 31.2 Å². The number of carbonyl (C=O) groups is 1. The third-order valence-corrected chi connectivity index (χ3v) is 7.50. The van der Waals surface area contributed by atoms with Crippen LogP contribution in [0.4, 0.5) is 0 Å². The lowest BCUT2D eigenvalue weighted by Gasteiger charge is -2.25. The largest absolute Gasteiger partial charge is 0.352 e. The van der Waals surface area contributed by atoms with Gasteiger partial charge in [-0.2, -0.15) is 4.31 Å². The first-order valence-corrected chi connectivity index (χ1v) is 12.4. The Kier molecular flexibility index (Phi) is 8.31. The van der Waals surface area contributed by atoms with Crippen molar-refractivity contribution in [2.24, 2.45) is 0 Å². The molecule has 1 amide bonds. The molecule has 1 aliphatic rings. The maximum atomic E-state index is 13.3. The first kappa shape index (κ1) is 22.8. The molecule has 0 saturated heterocycles. The van der Waals surface area contributed by atoms with E-state index in [1.165, 1.54) is 23.6 Å². The lowest BCUT2D eigenvalue weighted by atomic mass is 9.97. The quantitative estimate of drug-likeness (QED) is 0.664. The summed E-state index contributed by atoms with van der Waals surface area (Å²) in [6.07, 6.45) is 7.74. The van der Waals surface area contributed by atoms with Crippen molar-refractivity contribution in [3.05, 3.63) is 65.2 Å². The van der Waals surface area contributed by atoms with Crippen molar-refractivity contribution in [1.82, 2.24) is 9.62 Å². The minimum atomic E-state index is -3.82. The number of nitrogens with one attached hydrogen (secondary N) is 1. The first-order valence-electron chi connectivity index (χ1n) is 10.5. The summed E-state index contributed by atoms with van der Waals surface area (Å²) in [4.78, 5) is 13.0. The number of nitrogens with zero attached hydrogens (tertiary/aromatic N) is 1. The van der Waals surface area contributed by atoms with Gasteiger partial charge >= 0.3 is 0 Å². The summed E-state index contributed by atoms with van der Waals surface area (Å²) in [7, 11) is -3.82. The predicted octanol–water partition coefficient (Wildman–Crippen LogP) is 4.76. The topological polar surface area (TPSA) is 66.5 Å². The Labute approximate surface area is 184 Å². The van der Waals surface area contributed by atoms with E-state index >= 15 is 0 Å². The van der Waals surface area contributed by atoms with Crippen LogP contribution >= 0.6 is 11.6 Å². The molecule has 0 bridgehead atoms. The van der Waals surface area contributed by atoms with Crippen LogP contribution in [0.2, 0.25) is 5.02 Å². The number of hydrogen-bond donors (Lipinski definition) is 1. The van der Waals surface area contributed by atoms with E-state index < -0.39 is 10.0 Å². The molecular formula is C23H29ClN2O3S. The fourth-order valence-corrected chi connectivity index (χ4v) is 5.33. The van der Waals surface area contributed by atoms with Gasteiger partial charge in [0, 0.05) is 17.6 Å². The van der Waals surface area contributed by atoms with Crippen LogP contribution in [0.5, 0.6) is 0 Å². The van der Waals surface area contributed by atoms with E-state index in [1.54, 1.807) is 54.6 Å². The minimum Gasteiger partial charge on any atom is -0.352 e. The Bertz CT molecular complexity index is 909. The second kappa shape index (κ2) is 10.9. The minimum absolute atomic E-state index is 0.104. The molecule has 0 heterocycles. The lowest BCUT2D eigenvalue weighted by Crippen LogP contribution is -2.44. The van der Waals surface area contributed by atoms with Gasteiger partial charge < -0.3 is 5.32 Å². The molecule has 2 aromatic rings. The van der Waals surface area contributed by atoms with Gasteiger partial charge in [0.15, 0.2) is 0 Å². The fourth-order valence-electron chi connectivity index (χ4n) is 3.79. The Morgan fingerprint density at radius 1 is 0.933 bits per heavy atom. The third kappa shape index (κ3) is 6.56. The summed E-state index contributed by atoms with van der Waals surface area (Å²) in [5.41, 5.74) is 0.776. The highest BCUT2D eigenvalue weighted by molar-refractivity contribution is 7.89. The molecule has 3 rings (SSSR count). The average molecular weight is 449 g/mol. The van der Waals surface area contributed by atoms with Crippen molar-refractivity contribution in [2.75, 3.05) is 6.54 Å². The molecule has 1 N–H and O–H groups in total. The zero-order chi connectivity index (χ0) is 21.4. The van der Waals surface area contributed by atoms with Crippen LogP contribution in [0.3, 0.4) is 0 Å². The maximum absolute atomic E-state index is 13.3. The van der Waals surface area contributed by atoms with Gasteiger partial charge in [-0.1, -0.05) is 74.0 Å². The first-order chi connectivity index (χ1) is 14.4.